The maximum Gasteiger partial charge on any atom is 0.00929 e. The fourth-order valence-corrected chi connectivity index (χ4v) is 1.98. The highest BCUT2D eigenvalue weighted by atomic mass is 79.9. The molecule has 1 heterocycles. The predicted molar refractivity (Wildman–Crippen MR) is 48.7 cm³/mol. The molecule has 0 N–H and O–H groups in total. The van der Waals surface area contributed by atoms with E-state index in [9.17, 15) is 0 Å². The zero-order valence-corrected chi connectivity index (χ0v) is 8.23. The fourth-order valence-electron chi connectivity index (χ4n) is 1.66. The van der Waals surface area contributed by atoms with Crippen LogP contribution in [0.5, 0.6) is 0 Å². The van der Waals surface area contributed by atoms with Crippen LogP contribution in [0.3, 0.4) is 0 Å². The molecular formula is C8H16BrN. The molecule has 0 aromatic rings. The van der Waals surface area contributed by atoms with Gasteiger partial charge in [-0.3, -0.25) is 0 Å². The Balaban J connectivity index is 2.14. The molecule has 10 heavy (non-hydrogen) atoms. The minimum absolute atomic E-state index is 0.887. The molecule has 2 heteroatoms. The van der Waals surface area contributed by atoms with Crippen LogP contribution in [0.2, 0.25) is 0 Å². The number of likely N-dealkylation sites (tertiary alicyclic amines) is 1. The summed E-state index contributed by atoms with van der Waals surface area (Å²) in [5.74, 6) is 0. The predicted octanol–water partition coefficient (Wildman–Crippen LogP) is 2.26. The van der Waals surface area contributed by atoms with Crippen molar-refractivity contribution in [2.24, 2.45) is 0 Å². The highest BCUT2D eigenvalue weighted by Crippen LogP contribution is 2.19. The van der Waals surface area contributed by atoms with Gasteiger partial charge < -0.3 is 4.90 Å². The molecule has 1 rings (SSSR count). The zero-order chi connectivity index (χ0) is 7.40. The summed E-state index contributed by atoms with van der Waals surface area (Å²) >= 11 is 3.46. The summed E-state index contributed by atoms with van der Waals surface area (Å²) in [7, 11) is 2.24. The molecular weight excluding hydrogens is 190 g/mol. The van der Waals surface area contributed by atoms with Crippen LogP contribution in [-0.2, 0) is 0 Å². The fraction of sp³-hybridized carbons (Fsp3) is 1.00. The molecule has 0 spiro atoms. The van der Waals surface area contributed by atoms with Gasteiger partial charge >= 0.3 is 0 Å². The van der Waals surface area contributed by atoms with Crippen LogP contribution >= 0.6 is 15.9 Å². The molecule has 0 amide bonds. The van der Waals surface area contributed by atoms with Gasteiger partial charge in [0.15, 0.2) is 0 Å². The summed E-state index contributed by atoms with van der Waals surface area (Å²) in [5.41, 5.74) is 0. The first-order valence-electron chi connectivity index (χ1n) is 4.11. The number of rotatable bonds is 3. The van der Waals surface area contributed by atoms with Gasteiger partial charge in [-0.15, -0.1) is 0 Å². The molecule has 1 aliphatic heterocycles. The topological polar surface area (TPSA) is 3.24 Å². The third-order valence-electron chi connectivity index (χ3n) is 2.34. The monoisotopic (exact) mass is 205 g/mol. The van der Waals surface area contributed by atoms with Crippen molar-refractivity contribution in [2.75, 3.05) is 18.9 Å². The Hall–Kier alpha value is 0.440. The van der Waals surface area contributed by atoms with E-state index in [2.05, 4.69) is 27.9 Å². The van der Waals surface area contributed by atoms with Crippen LogP contribution in [0.1, 0.15) is 25.7 Å². The van der Waals surface area contributed by atoms with Gasteiger partial charge in [-0.25, -0.2) is 0 Å². The molecule has 60 valence electrons. The van der Waals surface area contributed by atoms with Crippen molar-refractivity contribution < 1.29 is 0 Å². The van der Waals surface area contributed by atoms with E-state index in [1.54, 1.807) is 0 Å². The van der Waals surface area contributed by atoms with Gasteiger partial charge in [0.2, 0.25) is 0 Å². The Morgan fingerprint density at radius 1 is 1.60 bits per heavy atom. The quantitative estimate of drug-likeness (QED) is 0.640. The maximum absolute atomic E-state index is 3.46. The van der Waals surface area contributed by atoms with E-state index in [0.29, 0.717) is 0 Å². The van der Waals surface area contributed by atoms with Gasteiger partial charge in [0.25, 0.3) is 0 Å². The molecule has 0 bridgehead atoms. The second kappa shape index (κ2) is 4.35. The zero-order valence-electron chi connectivity index (χ0n) is 6.65. The molecule has 1 unspecified atom stereocenters. The van der Waals surface area contributed by atoms with Crippen molar-refractivity contribution in [1.29, 1.82) is 0 Å². The molecule has 0 aliphatic carbocycles. The van der Waals surface area contributed by atoms with E-state index in [1.807, 2.05) is 0 Å². The summed E-state index contributed by atoms with van der Waals surface area (Å²) < 4.78 is 0. The van der Waals surface area contributed by atoms with Crippen LogP contribution < -0.4 is 0 Å². The second-order valence-corrected chi connectivity index (χ2v) is 3.90. The van der Waals surface area contributed by atoms with Gasteiger partial charge in [0.05, 0.1) is 0 Å². The molecule has 0 aromatic carbocycles. The highest BCUT2D eigenvalue weighted by molar-refractivity contribution is 9.09. The molecule has 0 saturated carbocycles. The van der Waals surface area contributed by atoms with E-state index >= 15 is 0 Å². The van der Waals surface area contributed by atoms with Gasteiger partial charge in [-0.2, -0.15) is 0 Å². The van der Waals surface area contributed by atoms with Crippen molar-refractivity contribution in [2.45, 2.75) is 31.7 Å². The van der Waals surface area contributed by atoms with E-state index in [4.69, 9.17) is 0 Å². The SMILES string of the molecule is CN1CCCC1CCCBr. The van der Waals surface area contributed by atoms with Crippen LogP contribution in [0.25, 0.3) is 0 Å². The van der Waals surface area contributed by atoms with E-state index < -0.39 is 0 Å². The molecule has 1 fully saturated rings. The van der Waals surface area contributed by atoms with Crippen LogP contribution in [-0.4, -0.2) is 29.9 Å². The van der Waals surface area contributed by atoms with E-state index in [-0.39, 0.29) is 0 Å². The van der Waals surface area contributed by atoms with Crippen LogP contribution in [0, 0.1) is 0 Å². The largest absolute Gasteiger partial charge is 0.303 e. The van der Waals surface area contributed by atoms with Gasteiger partial charge in [0, 0.05) is 11.4 Å². The average molecular weight is 206 g/mol. The maximum atomic E-state index is 3.46. The van der Waals surface area contributed by atoms with E-state index in [1.165, 1.54) is 32.2 Å². The Bertz CT molecular complexity index is 95.3. The standard InChI is InChI=1S/C8H16BrN/c1-10-7-3-5-8(10)4-2-6-9/h8H,2-7H2,1H3. The normalized spacial score (nSPS) is 27.6. The summed E-state index contributed by atoms with van der Waals surface area (Å²) in [6, 6.07) is 0.887. The molecule has 1 aliphatic rings. The Labute approximate surface area is 71.9 Å². The molecule has 1 nitrogen and oxygen atoms in total. The van der Waals surface area contributed by atoms with Crippen molar-refractivity contribution >= 4 is 15.9 Å². The molecule has 1 saturated heterocycles. The lowest BCUT2D eigenvalue weighted by Gasteiger charge is -2.18. The van der Waals surface area contributed by atoms with Crippen molar-refractivity contribution in [3.8, 4) is 0 Å². The molecule has 1 atom stereocenters. The van der Waals surface area contributed by atoms with Crippen molar-refractivity contribution in [3.63, 3.8) is 0 Å². The lowest BCUT2D eigenvalue weighted by Crippen LogP contribution is -2.24. The smallest absolute Gasteiger partial charge is 0.00929 e. The molecule has 0 aromatic heterocycles. The summed E-state index contributed by atoms with van der Waals surface area (Å²) in [6.45, 7) is 1.31. The minimum atomic E-state index is 0.887. The van der Waals surface area contributed by atoms with Crippen molar-refractivity contribution in [3.05, 3.63) is 0 Å². The number of alkyl halides is 1. The highest BCUT2D eigenvalue weighted by Gasteiger charge is 2.19. The number of nitrogens with zero attached hydrogens (tertiary/aromatic N) is 1. The third-order valence-corrected chi connectivity index (χ3v) is 2.90. The average Bonchev–Trinajstić information content (AvgIpc) is 2.31. The summed E-state index contributed by atoms with van der Waals surface area (Å²) in [5, 5.41) is 1.16. The Morgan fingerprint density at radius 2 is 2.40 bits per heavy atom. The Kier molecular flexibility index (Phi) is 3.71. The number of hydrogen-bond acceptors (Lipinski definition) is 1. The minimum Gasteiger partial charge on any atom is -0.303 e. The first kappa shape index (κ1) is 8.54. The van der Waals surface area contributed by atoms with Gasteiger partial charge in [-0.1, -0.05) is 15.9 Å². The lowest BCUT2D eigenvalue weighted by molar-refractivity contribution is 0.295. The third kappa shape index (κ3) is 2.24. The lowest BCUT2D eigenvalue weighted by atomic mass is 10.1. The van der Waals surface area contributed by atoms with Crippen LogP contribution in [0.15, 0.2) is 0 Å². The first-order chi connectivity index (χ1) is 4.84. The summed E-state index contributed by atoms with van der Waals surface area (Å²) in [4.78, 5) is 2.49. The second-order valence-electron chi connectivity index (χ2n) is 3.11. The van der Waals surface area contributed by atoms with E-state index in [0.717, 1.165) is 11.4 Å². The van der Waals surface area contributed by atoms with Gasteiger partial charge in [-0.05, 0) is 39.3 Å². The first-order valence-corrected chi connectivity index (χ1v) is 5.23. The van der Waals surface area contributed by atoms with Gasteiger partial charge in [0.1, 0.15) is 0 Å². The van der Waals surface area contributed by atoms with Crippen molar-refractivity contribution in [1.82, 2.24) is 4.90 Å². The Morgan fingerprint density at radius 3 is 2.90 bits per heavy atom. The van der Waals surface area contributed by atoms with Crippen LogP contribution in [0.4, 0.5) is 0 Å². The number of halogens is 1. The summed E-state index contributed by atoms with van der Waals surface area (Å²) in [6.07, 6.45) is 5.53. The molecule has 0 radical (unpaired) electrons. The number of hydrogen-bond donors (Lipinski definition) is 0.